The first-order valence-corrected chi connectivity index (χ1v) is 9.89. The summed E-state index contributed by atoms with van der Waals surface area (Å²) in [5.74, 6) is 0. The molecule has 0 fully saturated rings. The lowest BCUT2D eigenvalue weighted by Crippen LogP contribution is -2.30. The molecule has 1 aliphatic carbocycles. The molecule has 1 aliphatic rings. The van der Waals surface area contributed by atoms with E-state index in [4.69, 9.17) is 17.6 Å². The maximum atomic E-state index is 8.45. The number of pyridine rings is 2. The highest BCUT2D eigenvalue weighted by molar-refractivity contribution is 6.09. The summed E-state index contributed by atoms with van der Waals surface area (Å²) in [6.45, 7) is -3.67. The highest BCUT2D eigenvalue weighted by atomic mass is 16.3. The van der Waals surface area contributed by atoms with E-state index < -0.39 is 19.1 Å². The number of hydrogen-bond donors (Lipinski definition) is 0. The van der Waals surface area contributed by atoms with Gasteiger partial charge in [-0.25, -0.2) is 9.55 Å². The molecule has 0 saturated carbocycles. The van der Waals surface area contributed by atoms with Crippen molar-refractivity contribution in [1.82, 2.24) is 4.98 Å². The summed E-state index contributed by atoms with van der Waals surface area (Å²) in [5.41, 5.74) is 2.94. The third-order valence-electron chi connectivity index (χ3n) is 6.14. The van der Waals surface area contributed by atoms with Crippen LogP contribution >= 0.6 is 0 Å². The SMILES string of the molecule is [2H]C([2H])([2H])C1(C([2H])([2H])[2H])c2ccccc2-c2nc3oc4c(-c5cccc[n+]5C)c(C)ccc4c3cc21. The first-order chi connectivity index (χ1) is 17.0. The maximum absolute atomic E-state index is 8.45. The summed E-state index contributed by atoms with van der Waals surface area (Å²) >= 11 is 0. The third-order valence-corrected chi connectivity index (χ3v) is 6.14. The highest BCUT2D eigenvalue weighted by Gasteiger charge is 2.37. The minimum atomic E-state index is -2.84. The van der Waals surface area contributed by atoms with Gasteiger partial charge in [0.2, 0.25) is 11.4 Å². The molecule has 0 unspecified atom stereocenters. The Hall–Kier alpha value is -3.46. The molecule has 0 radical (unpaired) electrons. The van der Waals surface area contributed by atoms with E-state index in [0.717, 1.165) is 22.2 Å². The van der Waals surface area contributed by atoms with E-state index in [1.165, 1.54) is 0 Å². The molecular formula is C27H23N2O+. The third kappa shape index (κ3) is 2.15. The Kier molecular flexibility index (Phi) is 2.37. The summed E-state index contributed by atoms with van der Waals surface area (Å²) in [5, 5.41) is 1.35. The standard InChI is InChI=1S/C27H23N2O/c1-16-12-13-17-19-15-21-24(18-9-5-6-10-20(18)27(21,2)3)28-26(19)30-25(17)23(16)22-11-7-8-14-29(22)4/h5-15H,1-4H3/q+1/i2D3,3D3. The topological polar surface area (TPSA) is 29.9 Å². The van der Waals surface area contributed by atoms with Crippen LogP contribution in [0, 0.1) is 6.92 Å². The first kappa shape index (κ1) is 12.3. The van der Waals surface area contributed by atoms with Crippen molar-refractivity contribution in [3.8, 4) is 22.5 Å². The number of aryl methyl sites for hydroxylation is 2. The van der Waals surface area contributed by atoms with E-state index in [1.807, 2.05) is 55.1 Å². The quantitative estimate of drug-likeness (QED) is 0.321. The Morgan fingerprint density at radius 1 is 0.967 bits per heavy atom. The molecule has 146 valence electrons. The molecular weight excluding hydrogens is 368 g/mol. The number of fused-ring (bicyclic) bond motifs is 6. The Morgan fingerprint density at radius 3 is 2.63 bits per heavy atom. The second-order valence-corrected chi connectivity index (χ2v) is 7.97. The lowest BCUT2D eigenvalue weighted by atomic mass is 9.82. The first-order valence-electron chi connectivity index (χ1n) is 12.9. The van der Waals surface area contributed by atoms with Gasteiger partial charge < -0.3 is 4.42 Å². The van der Waals surface area contributed by atoms with Gasteiger partial charge in [-0.15, -0.1) is 0 Å². The fraction of sp³-hybridized carbons (Fsp3) is 0.185. The fourth-order valence-corrected chi connectivity index (χ4v) is 4.62. The maximum Gasteiger partial charge on any atom is 0.227 e. The van der Waals surface area contributed by atoms with Crippen molar-refractivity contribution in [3.05, 3.63) is 83.6 Å². The summed E-state index contributed by atoms with van der Waals surface area (Å²) in [6, 6.07) is 18.3. The Morgan fingerprint density at radius 2 is 1.80 bits per heavy atom. The van der Waals surface area contributed by atoms with Crippen LogP contribution in [0.5, 0.6) is 0 Å². The number of rotatable bonds is 1. The lowest BCUT2D eigenvalue weighted by Gasteiger charge is -2.20. The zero-order valence-corrected chi connectivity index (χ0v) is 16.7. The van der Waals surface area contributed by atoms with Gasteiger partial charge in [0.15, 0.2) is 11.8 Å². The van der Waals surface area contributed by atoms with E-state index in [9.17, 15) is 0 Å². The van der Waals surface area contributed by atoms with Gasteiger partial charge in [0.1, 0.15) is 7.05 Å². The zero-order chi connectivity index (χ0) is 25.6. The molecule has 30 heavy (non-hydrogen) atoms. The van der Waals surface area contributed by atoms with Crippen LogP contribution in [0.1, 0.15) is 38.6 Å². The van der Waals surface area contributed by atoms with Crippen LogP contribution in [0.4, 0.5) is 0 Å². The Bertz CT molecular complexity index is 1680. The number of aromatic nitrogens is 2. The molecule has 3 aromatic heterocycles. The van der Waals surface area contributed by atoms with E-state index >= 15 is 0 Å². The van der Waals surface area contributed by atoms with Gasteiger partial charge in [-0.1, -0.05) is 50.1 Å². The van der Waals surface area contributed by atoms with Crippen molar-refractivity contribution < 1.29 is 17.2 Å². The molecule has 3 heteroatoms. The fourth-order valence-electron chi connectivity index (χ4n) is 4.62. The Labute approximate surface area is 184 Å². The predicted molar refractivity (Wildman–Crippen MR) is 120 cm³/mol. The normalized spacial score (nSPS) is 18.1. The van der Waals surface area contributed by atoms with Gasteiger partial charge >= 0.3 is 0 Å². The van der Waals surface area contributed by atoms with Crippen LogP contribution in [0.15, 0.2) is 71.3 Å². The molecule has 2 aromatic carbocycles. The molecule has 0 saturated heterocycles. The number of hydrogen-bond acceptors (Lipinski definition) is 2. The largest absolute Gasteiger partial charge is 0.437 e. The van der Waals surface area contributed by atoms with E-state index in [0.29, 0.717) is 27.9 Å². The smallest absolute Gasteiger partial charge is 0.227 e. The van der Waals surface area contributed by atoms with E-state index in [-0.39, 0.29) is 11.1 Å². The average Bonchev–Trinajstić information content (AvgIpc) is 3.31. The van der Waals surface area contributed by atoms with Gasteiger partial charge in [-0.3, -0.25) is 0 Å². The molecule has 0 spiro atoms. The molecule has 3 nitrogen and oxygen atoms in total. The van der Waals surface area contributed by atoms with E-state index in [2.05, 4.69) is 0 Å². The van der Waals surface area contributed by atoms with Gasteiger partial charge in [0.05, 0.1) is 11.3 Å². The highest BCUT2D eigenvalue weighted by Crippen LogP contribution is 2.49. The molecule has 0 aliphatic heterocycles. The van der Waals surface area contributed by atoms with Gasteiger partial charge in [-0.05, 0) is 35.7 Å². The predicted octanol–water partition coefficient (Wildman–Crippen LogP) is 6.09. The van der Waals surface area contributed by atoms with Crippen LogP contribution in [0.3, 0.4) is 0 Å². The lowest BCUT2D eigenvalue weighted by molar-refractivity contribution is -0.660. The van der Waals surface area contributed by atoms with Crippen molar-refractivity contribution in [2.45, 2.75) is 26.0 Å². The zero-order valence-electron chi connectivity index (χ0n) is 22.7. The van der Waals surface area contributed by atoms with Crippen molar-refractivity contribution in [1.29, 1.82) is 0 Å². The summed E-state index contributed by atoms with van der Waals surface area (Å²) in [6.07, 6.45) is 1.96. The molecule has 3 heterocycles. The number of furan rings is 1. The molecule has 0 amide bonds. The average molecular weight is 398 g/mol. The molecule has 5 aromatic rings. The minimum Gasteiger partial charge on any atom is -0.437 e. The van der Waals surface area contributed by atoms with Crippen molar-refractivity contribution in [2.24, 2.45) is 7.05 Å². The second kappa shape index (κ2) is 5.79. The van der Waals surface area contributed by atoms with Gasteiger partial charge in [0, 0.05) is 42.1 Å². The molecule has 6 rings (SSSR count). The van der Waals surface area contributed by atoms with Crippen LogP contribution in [-0.4, -0.2) is 4.98 Å². The van der Waals surface area contributed by atoms with Crippen LogP contribution in [0.2, 0.25) is 0 Å². The van der Waals surface area contributed by atoms with Crippen molar-refractivity contribution in [2.75, 3.05) is 0 Å². The van der Waals surface area contributed by atoms with Gasteiger partial charge in [-0.2, -0.15) is 0 Å². The summed E-state index contributed by atoms with van der Waals surface area (Å²) in [4.78, 5) is 4.77. The molecule has 0 atom stereocenters. The number of benzene rings is 2. The second-order valence-electron chi connectivity index (χ2n) is 7.97. The van der Waals surface area contributed by atoms with Gasteiger partial charge in [0.25, 0.3) is 0 Å². The van der Waals surface area contributed by atoms with Crippen LogP contribution in [0.25, 0.3) is 44.6 Å². The number of nitrogens with zero attached hydrogens (tertiary/aromatic N) is 2. The molecule has 0 N–H and O–H groups in total. The minimum absolute atomic E-state index is 0.186. The monoisotopic (exact) mass is 397 g/mol. The van der Waals surface area contributed by atoms with Crippen molar-refractivity contribution in [3.63, 3.8) is 0 Å². The summed E-state index contributed by atoms with van der Waals surface area (Å²) < 4.78 is 59.0. The van der Waals surface area contributed by atoms with Crippen molar-refractivity contribution >= 4 is 22.1 Å². The van der Waals surface area contributed by atoms with E-state index in [1.54, 1.807) is 30.3 Å². The van der Waals surface area contributed by atoms with Crippen LogP contribution < -0.4 is 4.57 Å². The molecule has 0 bridgehead atoms. The Balaban J connectivity index is 1.76. The van der Waals surface area contributed by atoms with Crippen LogP contribution in [-0.2, 0) is 12.5 Å². The summed E-state index contributed by atoms with van der Waals surface area (Å²) in [7, 11) is 1.96.